The van der Waals surface area contributed by atoms with Crippen LogP contribution in [0.5, 0.6) is 0 Å². The third kappa shape index (κ3) is 2.92. The van der Waals surface area contributed by atoms with Crippen molar-refractivity contribution in [1.82, 2.24) is 4.57 Å². The van der Waals surface area contributed by atoms with Crippen LogP contribution in [0.1, 0.15) is 5.56 Å². The second-order valence-electron chi connectivity index (χ2n) is 4.85. The number of sulfonamides is 1. The van der Waals surface area contributed by atoms with Gasteiger partial charge in [0.15, 0.2) is 3.95 Å². The molecule has 0 saturated heterocycles. The van der Waals surface area contributed by atoms with Crippen molar-refractivity contribution in [2.24, 2.45) is 10.8 Å². The molecule has 0 atom stereocenters. The number of aromatic nitrogens is 1. The van der Waals surface area contributed by atoms with E-state index in [0.717, 1.165) is 30.9 Å². The van der Waals surface area contributed by atoms with Crippen molar-refractivity contribution < 1.29 is 8.42 Å². The molecule has 4 nitrogen and oxygen atoms in total. The van der Waals surface area contributed by atoms with Crippen LogP contribution >= 0.6 is 11.3 Å². The summed E-state index contributed by atoms with van der Waals surface area (Å²) < 4.78 is 32.3. The number of para-hydroxylation sites is 1. The predicted octanol–water partition coefficient (Wildman–Crippen LogP) is 3.74. The van der Waals surface area contributed by atoms with Crippen molar-refractivity contribution in [2.45, 2.75) is 11.8 Å². The highest BCUT2D eigenvalue weighted by Gasteiger charge is 2.11. The molecule has 0 aliphatic rings. The third-order valence-electron chi connectivity index (χ3n) is 3.23. The van der Waals surface area contributed by atoms with E-state index < -0.39 is 10.0 Å². The van der Waals surface area contributed by atoms with Crippen LogP contribution in [0.4, 0.5) is 0 Å². The van der Waals surface area contributed by atoms with E-state index in [1.807, 2.05) is 42.8 Å². The molecule has 1 heterocycles. The zero-order chi connectivity index (χ0) is 15.7. The Morgan fingerprint density at radius 3 is 2.45 bits per heavy atom. The Hall–Kier alpha value is -1.70. The van der Waals surface area contributed by atoms with Crippen LogP contribution in [0.25, 0.3) is 10.2 Å². The van der Waals surface area contributed by atoms with Crippen molar-refractivity contribution in [3.63, 3.8) is 0 Å². The molecular weight excluding hydrogens is 336 g/mol. The van der Waals surface area contributed by atoms with Gasteiger partial charge in [0.05, 0.1) is 15.1 Å². The highest BCUT2D eigenvalue weighted by Crippen LogP contribution is 2.21. The molecule has 114 valence electrons. The monoisotopic (exact) mass is 350 g/mol. The maximum absolute atomic E-state index is 12.3. The summed E-state index contributed by atoms with van der Waals surface area (Å²) in [7, 11) is -1.74. The quantitative estimate of drug-likeness (QED) is 0.661. The average Bonchev–Trinajstić information content (AvgIpc) is 2.83. The number of thiazole rings is 1. The van der Waals surface area contributed by atoms with Crippen LogP contribution in [-0.4, -0.2) is 13.0 Å². The predicted molar refractivity (Wildman–Crippen MR) is 92.2 cm³/mol. The fourth-order valence-corrected chi connectivity index (χ4v) is 5.26. The fraction of sp³-hybridized carbons (Fsp3) is 0.133. The van der Waals surface area contributed by atoms with Crippen molar-refractivity contribution in [3.8, 4) is 0 Å². The molecule has 0 spiro atoms. The van der Waals surface area contributed by atoms with Crippen LogP contribution in [-0.2, 0) is 28.2 Å². The van der Waals surface area contributed by atoms with Gasteiger partial charge < -0.3 is 4.57 Å². The van der Waals surface area contributed by atoms with Crippen molar-refractivity contribution in [2.75, 3.05) is 0 Å². The summed E-state index contributed by atoms with van der Waals surface area (Å²) in [6.07, 6.45) is 0. The smallest absolute Gasteiger partial charge is 0.292 e. The van der Waals surface area contributed by atoms with Gasteiger partial charge in [0.2, 0.25) is 0 Å². The molecule has 0 aliphatic carbocycles. The topological polar surface area (TPSA) is 51.4 Å². The van der Waals surface area contributed by atoms with Gasteiger partial charge in [-0.15, -0.1) is 11.3 Å². The first-order valence-electron chi connectivity index (χ1n) is 6.56. The van der Waals surface area contributed by atoms with Gasteiger partial charge in [-0.05, 0) is 31.2 Å². The maximum Gasteiger partial charge on any atom is 0.292 e. The van der Waals surface area contributed by atoms with Gasteiger partial charge in [-0.3, -0.25) is 0 Å². The maximum atomic E-state index is 12.3. The van der Waals surface area contributed by atoms with E-state index in [-0.39, 0.29) is 4.90 Å². The molecule has 3 aromatic rings. The standard InChI is InChI=1S/C15H14N2O2S3/c1-11-7-9-12(10-8-11)22(18,19)16-21-15-17(2)13-5-3-4-6-14(13)20-15/h3-10H,1-2H3. The first-order valence-corrected chi connectivity index (χ1v) is 9.59. The summed E-state index contributed by atoms with van der Waals surface area (Å²) in [5, 5.41) is 0. The minimum Gasteiger partial charge on any atom is -0.326 e. The minimum absolute atomic E-state index is 0.217. The SMILES string of the molecule is Cc1ccc(S(=O)(=O)N=S=c2sc3ccccc3n2C)cc1. The Kier molecular flexibility index (Phi) is 4.03. The first-order chi connectivity index (χ1) is 10.5. The zero-order valence-corrected chi connectivity index (χ0v) is 14.5. The number of aryl methyl sites for hydroxylation is 2. The van der Waals surface area contributed by atoms with Gasteiger partial charge in [-0.2, -0.15) is 8.42 Å². The number of hydrogen-bond acceptors (Lipinski definition) is 3. The molecule has 1 aromatic heterocycles. The van der Waals surface area contributed by atoms with E-state index in [1.54, 1.807) is 24.3 Å². The first kappa shape index (κ1) is 15.2. The van der Waals surface area contributed by atoms with Gasteiger partial charge >= 0.3 is 0 Å². The Balaban J connectivity index is 2.15. The Morgan fingerprint density at radius 2 is 1.77 bits per heavy atom. The summed E-state index contributed by atoms with van der Waals surface area (Å²) in [6, 6.07) is 14.7. The normalized spacial score (nSPS) is 11.5. The summed E-state index contributed by atoms with van der Waals surface area (Å²) in [4.78, 5) is 0.217. The minimum atomic E-state index is -3.65. The lowest BCUT2D eigenvalue weighted by molar-refractivity contribution is 0.598. The molecule has 0 bridgehead atoms. The average molecular weight is 350 g/mol. The molecular formula is C15H14N2O2S3. The van der Waals surface area contributed by atoms with Gasteiger partial charge in [0.25, 0.3) is 10.0 Å². The molecule has 22 heavy (non-hydrogen) atoms. The van der Waals surface area contributed by atoms with E-state index >= 15 is 0 Å². The van der Waals surface area contributed by atoms with E-state index in [4.69, 9.17) is 0 Å². The van der Waals surface area contributed by atoms with Gasteiger partial charge in [-0.1, -0.05) is 33.6 Å². The van der Waals surface area contributed by atoms with Gasteiger partial charge in [0.1, 0.15) is 0 Å². The molecule has 0 fully saturated rings. The molecule has 7 heteroatoms. The van der Waals surface area contributed by atoms with Crippen molar-refractivity contribution >= 4 is 42.7 Å². The lowest BCUT2D eigenvalue weighted by atomic mass is 10.2. The molecule has 0 amide bonds. The molecule has 0 aliphatic heterocycles. The molecule has 0 N–H and O–H groups in total. The number of rotatable bonds is 2. The molecule has 0 radical (unpaired) electrons. The Bertz CT molecular complexity index is 1040. The van der Waals surface area contributed by atoms with Crippen molar-refractivity contribution in [1.29, 1.82) is 0 Å². The molecule has 0 saturated carbocycles. The largest absolute Gasteiger partial charge is 0.326 e. The summed E-state index contributed by atoms with van der Waals surface area (Å²) in [6.45, 7) is 1.92. The molecule has 0 unspecified atom stereocenters. The lowest BCUT2D eigenvalue weighted by Gasteiger charge is -1.97. The zero-order valence-electron chi connectivity index (χ0n) is 12.1. The second-order valence-corrected chi connectivity index (χ2v) is 8.72. The summed E-state index contributed by atoms with van der Waals surface area (Å²) >= 11 is 2.53. The van der Waals surface area contributed by atoms with Crippen LogP contribution in [0.2, 0.25) is 0 Å². The Morgan fingerprint density at radius 1 is 1.09 bits per heavy atom. The van der Waals surface area contributed by atoms with Gasteiger partial charge in [0, 0.05) is 18.2 Å². The summed E-state index contributed by atoms with van der Waals surface area (Å²) in [5.41, 5.74) is 2.08. The van der Waals surface area contributed by atoms with Crippen LogP contribution in [0.3, 0.4) is 0 Å². The Labute approximate surface area is 136 Å². The summed E-state index contributed by atoms with van der Waals surface area (Å²) in [5.74, 6) is 0. The molecule has 2 aromatic carbocycles. The van der Waals surface area contributed by atoms with Crippen LogP contribution < -0.4 is 0 Å². The van der Waals surface area contributed by atoms with E-state index in [0.29, 0.717) is 0 Å². The molecule has 3 rings (SSSR count). The number of fused-ring (bicyclic) bond motifs is 1. The highest BCUT2D eigenvalue weighted by atomic mass is 32.2. The third-order valence-corrected chi connectivity index (χ3v) is 7.10. The number of hydrogen-bond donors (Lipinski definition) is 0. The van der Waals surface area contributed by atoms with E-state index in [2.05, 4.69) is 3.77 Å². The van der Waals surface area contributed by atoms with Gasteiger partial charge in [-0.25, -0.2) is 0 Å². The van der Waals surface area contributed by atoms with Crippen LogP contribution in [0, 0.1) is 10.9 Å². The number of nitrogens with zero attached hydrogens (tertiary/aromatic N) is 2. The lowest BCUT2D eigenvalue weighted by Crippen LogP contribution is -1.95. The second kappa shape index (κ2) is 5.83. The highest BCUT2D eigenvalue weighted by molar-refractivity contribution is 7.94. The number of benzene rings is 2. The fourth-order valence-electron chi connectivity index (χ4n) is 2.00. The van der Waals surface area contributed by atoms with E-state index in [1.165, 1.54) is 11.3 Å². The van der Waals surface area contributed by atoms with Crippen molar-refractivity contribution in [3.05, 3.63) is 58.0 Å². The van der Waals surface area contributed by atoms with Crippen LogP contribution in [0.15, 0.2) is 57.2 Å². The van der Waals surface area contributed by atoms with E-state index in [9.17, 15) is 8.42 Å².